The van der Waals surface area contributed by atoms with E-state index < -0.39 is 0 Å². The van der Waals surface area contributed by atoms with E-state index in [-0.39, 0.29) is 12.5 Å². The Labute approximate surface area is 121 Å². The van der Waals surface area contributed by atoms with Crippen molar-refractivity contribution in [1.29, 1.82) is 5.26 Å². The number of nitriles is 1. The second kappa shape index (κ2) is 7.40. The quantitative estimate of drug-likeness (QED) is 0.664. The summed E-state index contributed by atoms with van der Waals surface area (Å²) >= 11 is 0. The smallest absolute Gasteiger partial charge is 0.277 e. The lowest BCUT2D eigenvalue weighted by Gasteiger charge is -2.04. The molecule has 0 aliphatic rings. The molecule has 0 unspecified atom stereocenters. The number of nitrogens with one attached hydrogen (secondary N) is 1. The normalized spacial score (nSPS) is 10.0. The third-order valence-corrected chi connectivity index (χ3v) is 2.46. The number of nitrogens with zero attached hydrogens (tertiary/aromatic N) is 3. The summed E-state index contributed by atoms with van der Waals surface area (Å²) in [6, 6.07) is 12.0. The topological polar surface area (TPSA) is 87.4 Å². The second-order valence-corrected chi connectivity index (χ2v) is 4.00. The Balaban J connectivity index is 1.77. The number of ether oxygens (including phenoxy) is 1. The van der Waals surface area contributed by atoms with Gasteiger partial charge in [-0.25, -0.2) is 5.43 Å². The van der Waals surface area contributed by atoms with Crippen molar-refractivity contribution in [1.82, 2.24) is 10.4 Å². The van der Waals surface area contributed by atoms with Gasteiger partial charge in [0.05, 0.1) is 17.8 Å². The zero-order valence-electron chi connectivity index (χ0n) is 11.1. The average Bonchev–Trinajstić information content (AvgIpc) is 2.54. The molecule has 1 heterocycles. The Morgan fingerprint density at radius 3 is 2.67 bits per heavy atom. The van der Waals surface area contributed by atoms with Crippen molar-refractivity contribution in [2.75, 3.05) is 6.61 Å². The lowest BCUT2D eigenvalue weighted by atomic mass is 10.2. The van der Waals surface area contributed by atoms with E-state index >= 15 is 0 Å². The van der Waals surface area contributed by atoms with Crippen LogP contribution < -0.4 is 10.2 Å². The highest BCUT2D eigenvalue weighted by Crippen LogP contribution is 2.11. The molecule has 1 amide bonds. The molecule has 0 spiro atoms. The predicted octanol–water partition coefficient (Wildman–Crippen LogP) is 1.48. The molecule has 6 heteroatoms. The monoisotopic (exact) mass is 280 g/mol. The molecule has 6 nitrogen and oxygen atoms in total. The van der Waals surface area contributed by atoms with Crippen LogP contribution in [0.4, 0.5) is 0 Å². The van der Waals surface area contributed by atoms with Gasteiger partial charge in [-0.1, -0.05) is 0 Å². The highest BCUT2D eigenvalue weighted by Gasteiger charge is 2.01. The van der Waals surface area contributed by atoms with Crippen molar-refractivity contribution in [2.45, 2.75) is 0 Å². The number of hydrazone groups is 1. The molecule has 0 atom stereocenters. The summed E-state index contributed by atoms with van der Waals surface area (Å²) in [7, 11) is 0. The van der Waals surface area contributed by atoms with Crippen LogP contribution in [-0.4, -0.2) is 23.7 Å². The minimum absolute atomic E-state index is 0.153. The maximum absolute atomic E-state index is 11.5. The van der Waals surface area contributed by atoms with Crippen LogP contribution in [0.3, 0.4) is 0 Å². The molecular weight excluding hydrogens is 268 g/mol. The first-order valence-corrected chi connectivity index (χ1v) is 6.13. The molecule has 0 aliphatic heterocycles. The summed E-state index contributed by atoms with van der Waals surface area (Å²) < 4.78 is 5.26. The van der Waals surface area contributed by atoms with Crippen LogP contribution in [0.15, 0.2) is 53.9 Å². The molecule has 0 fully saturated rings. The van der Waals surface area contributed by atoms with Gasteiger partial charge in [0, 0.05) is 12.4 Å². The van der Waals surface area contributed by atoms with Crippen molar-refractivity contribution in [3.05, 3.63) is 59.9 Å². The lowest BCUT2D eigenvalue weighted by molar-refractivity contribution is -0.123. The molecule has 1 aromatic carbocycles. The summed E-state index contributed by atoms with van der Waals surface area (Å²) in [6.45, 7) is -0.153. The molecule has 0 bridgehead atoms. The summed E-state index contributed by atoms with van der Waals surface area (Å²) in [5, 5.41) is 12.5. The summed E-state index contributed by atoms with van der Waals surface area (Å²) in [5.74, 6) is 0.145. The van der Waals surface area contributed by atoms with Gasteiger partial charge in [-0.05, 0) is 42.0 Å². The molecule has 0 radical (unpaired) electrons. The van der Waals surface area contributed by atoms with Crippen LogP contribution in [0.5, 0.6) is 5.75 Å². The van der Waals surface area contributed by atoms with Crippen molar-refractivity contribution in [3.63, 3.8) is 0 Å². The Morgan fingerprint density at radius 2 is 2.00 bits per heavy atom. The molecule has 104 valence electrons. The Morgan fingerprint density at radius 1 is 1.29 bits per heavy atom. The number of aromatic nitrogens is 1. The molecule has 0 saturated heterocycles. The van der Waals surface area contributed by atoms with E-state index in [9.17, 15) is 4.79 Å². The zero-order valence-corrected chi connectivity index (χ0v) is 11.1. The third-order valence-electron chi connectivity index (χ3n) is 2.46. The lowest BCUT2D eigenvalue weighted by Crippen LogP contribution is -2.24. The standard InChI is InChI=1S/C15H12N4O2/c16-9-12-1-3-14(4-2-12)21-11-15(20)19-18-10-13-5-7-17-8-6-13/h1-8,10H,11H2,(H,19,20)/b18-10+. The molecule has 2 aromatic rings. The predicted molar refractivity (Wildman–Crippen MR) is 76.6 cm³/mol. The SMILES string of the molecule is N#Cc1ccc(OCC(=O)N/N=C/c2ccncc2)cc1. The highest BCUT2D eigenvalue weighted by atomic mass is 16.5. The van der Waals surface area contributed by atoms with Gasteiger partial charge in [0.2, 0.25) is 0 Å². The molecular formula is C15H12N4O2. The number of carbonyl (C=O) groups excluding carboxylic acids is 1. The van der Waals surface area contributed by atoms with Gasteiger partial charge in [0.25, 0.3) is 5.91 Å². The number of pyridine rings is 1. The fourth-order valence-electron chi connectivity index (χ4n) is 1.44. The van der Waals surface area contributed by atoms with E-state index in [2.05, 4.69) is 15.5 Å². The van der Waals surface area contributed by atoms with Crippen LogP contribution in [0.2, 0.25) is 0 Å². The van der Waals surface area contributed by atoms with Crippen LogP contribution in [-0.2, 0) is 4.79 Å². The Bertz CT molecular complexity index is 660. The Hall–Kier alpha value is -3.20. The molecule has 21 heavy (non-hydrogen) atoms. The number of rotatable bonds is 5. The largest absolute Gasteiger partial charge is 0.484 e. The van der Waals surface area contributed by atoms with Gasteiger partial charge in [-0.2, -0.15) is 10.4 Å². The first-order valence-electron chi connectivity index (χ1n) is 6.13. The van der Waals surface area contributed by atoms with Crippen molar-refractivity contribution in [3.8, 4) is 11.8 Å². The van der Waals surface area contributed by atoms with Gasteiger partial charge in [-0.15, -0.1) is 0 Å². The van der Waals surface area contributed by atoms with Gasteiger partial charge in [0.1, 0.15) is 5.75 Å². The molecule has 2 rings (SSSR count). The third kappa shape index (κ3) is 4.76. The second-order valence-electron chi connectivity index (χ2n) is 4.00. The van der Waals surface area contributed by atoms with Crippen LogP contribution in [0.25, 0.3) is 0 Å². The minimum Gasteiger partial charge on any atom is -0.484 e. The van der Waals surface area contributed by atoms with Crippen LogP contribution in [0.1, 0.15) is 11.1 Å². The van der Waals surface area contributed by atoms with Crippen molar-refractivity contribution in [2.24, 2.45) is 5.10 Å². The van der Waals surface area contributed by atoms with E-state index in [1.54, 1.807) is 48.8 Å². The van der Waals surface area contributed by atoms with E-state index in [1.165, 1.54) is 6.21 Å². The number of hydrogen-bond donors (Lipinski definition) is 1. The fourth-order valence-corrected chi connectivity index (χ4v) is 1.44. The molecule has 1 N–H and O–H groups in total. The van der Waals surface area contributed by atoms with Crippen LogP contribution in [0, 0.1) is 11.3 Å². The number of carbonyl (C=O) groups is 1. The Kier molecular flexibility index (Phi) is 5.01. The van der Waals surface area contributed by atoms with Crippen molar-refractivity contribution < 1.29 is 9.53 Å². The van der Waals surface area contributed by atoms with Gasteiger partial charge in [0.15, 0.2) is 6.61 Å². The number of amides is 1. The highest BCUT2D eigenvalue weighted by molar-refractivity contribution is 5.82. The minimum atomic E-state index is -0.371. The summed E-state index contributed by atoms with van der Waals surface area (Å²) in [6.07, 6.45) is 4.79. The van der Waals surface area contributed by atoms with Crippen LogP contribution >= 0.6 is 0 Å². The van der Waals surface area contributed by atoms with E-state index in [1.807, 2.05) is 6.07 Å². The molecule has 0 aliphatic carbocycles. The van der Waals surface area contributed by atoms with Gasteiger partial charge >= 0.3 is 0 Å². The maximum atomic E-state index is 11.5. The molecule has 1 aromatic heterocycles. The van der Waals surface area contributed by atoms with E-state index in [0.29, 0.717) is 11.3 Å². The zero-order chi connectivity index (χ0) is 14.9. The number of benzene rings is 1. The fraction of sp³-hybridized carbons (Fsp3) is 0.0667. The average molecular weight is 280 g/mol. The van der Waals surface area contributed by atoms with Crippen molar-refractivity contribution >= 4 is 12.1 Å². The van der Waals surface area contributed by atoms with Gasteiger partial charge in [-0.3, -0.25) is 9.78 Å². The number of hydrogen-bond acceptors (Lipinski definition) is 5. The summed E-state index contributed by atoms with van der Waals surface area (Å²) in [5.41, 5.74) is 3.72. The van der Waals surface area contributed by atoms with E-state index in [4.69, 9.17) is 10.00 Å². The first kappa shape index (κ1) is 14.2. The molecule has 0 saturated carbocycles. The van der Waals surface area contributed by atoms with E-state index in [0.717, 1.165) is 5.56 Å². The van der Waals surface area contributed by atoms with Gasteiger partial charge < -0.3 is 4.74 Å². The maximum Gasteiger partial charge on any atom is 0.277 e. The first-order chi connectivity index (χ1) is 10.3. The summed E-state index contributed by atoms with van der Waals surface area (Å²) in [4.78, 5) is 15.4.